The SMILES string of the molecule is Cc1ccc(OCC(=O)N2CCC3(CCNC3)CC2)cc1C. The molecule has 0 atom stereocenters. The summed E-state index contributed by atoms with van der Waals surface area (Å²) in [5.41, 5.74) is 2.88. The second kappa shape index (κ2) is 6.29. The first-order valence-corrected chi connectivity index (χ1v) is 8.27. The van der Waals surface area contributed by atoms with Gasteiger partial charge in [0.05, 0.1) is 0 Å². The third-order valence-electron chi connectivity index (χ3n) is 5.35. The maximum Gasteiger partial charge on any atom is 0.260 e. The summed E-state index contributed by atoms with van der Waals surface area (Å²) >= 11 is 0. The molecule has 3 rings (SSSR count). The zero-order valence-electron chi connectivity index (χ0n) is 13.7. The summed E-state index contributed by atoms with van der Waals surface area (Å²) in [4.78, 5) is 14.3. The largest absolute Gasteiger partial charge is 0.484 e. The molecule has 1 spiro atoms. The Morgan fingerprint density at radius 1 is 1.23 bits per heavy atom. The number of likely N-dealkylation sites (tertiary alicyclic amines) is 1. The normalized spacial score (nSPS) is 20.4. The Morgan fingerprint density at radius 2 is 2.00 bits per heavy atom. The van der Waals surface area contributed by atoms with Gasteiger partial charge in [-0.1, -0.05) is 6.07 Å². The van der Waals surface area contributed by atoms with Crippen LogP contribution in [-0.4, -0.2) is 43.6 Å². The zero-order chi connectivity index (χ0) is 15.6. The first-order chi connectivity index (χ1) is 10.6. The second-order valence-corrected chi connectivity index (χ2v) is 6.84. The lowest BCUT2D eigenvalue weighted by molar-refractivity contribution is -0.135. The van der Waals surface area contributed by atoms with Crippen molar-refractivity contribution in [3.05, 3.63) is 29.3 Å². The molecule has 0 radical (unpaired) electrons. The van der Waals surface area contributed by atoms with Crippen LogP contribution in [0.1, 0.15) is 30.4 Å². The molecule has 2 aliphatic heterocycles. The molecule has 2 aliphatic rings. The Morgan fingerprint density at radius 3 is 2.64 bits per heavy atom. The number of carbonyl (C=O) groups excluding carboxylic acids is 1. The second-order valence-electron chi connectivity index (χ2n) is 6.84. The van der Waals surface area contributed by atoms with Crippen molar-refractivity contribution in [3.8, 4) is 5.75 Å². The van der Waals surface area contributed by atoms with E-state index in [-0.39, 0.29) is 12.5 Å². The fourth-order valence-electron chi connectivity index (χ4n) is 3.49. The average molecular weight is 302 g/mol. The standard InChI is InChI=1S/C18H26N2O2/c1-14-3-4-16(11-15(14)2)22-12-17(21)20-9-6-18(7-10-20)5-8-19-13-18/h3-4,11,19H,5-10,12-13H2,1-2H3. The molecule has 4 nitrogen and oxygen atoms in total. The van der Waals surface area contributed by atoms with Crippen LogP contribution in [-0.2, 0) is 4.79 Å². The maximum atomic E-state index is 12.3. The van der Waals surface area contributed by atoms with Gasteiger partial charge in [-0.05, 0) is 68.3 Å². The van der Waals surface area contributed by atoms with E-state index in [0.717, 1.165) is 44.8 Å². The van der Waals surface area contributed by atoms with Crippen molar-refractivity contribution in [2.45, 2.75) is 33.1 Å². The van der Waals surface area contributed by atoms with Crippen molar-refractivity contribution in [1.82, 2.24) is 10.2 Å². The predicted molar refractivity (Wildman–Crippen MR) is 87.1 cm³/mol. The van der Waals surface area contributed by atoms with Gasteiger partial charge in [0, 0.05) is 19.6 Å². The molecule has 0 aliphatic carbocycles. The van der Waals surface area contributed by atoms with Crippen LogP contribution in [0.3, 0.4) is 0 Å². The lowest BCUT2D eigenvalue weighted by atomic mass is 9.78. The molecule has 2 saturated heterocycles. The Labute approximate surface area is 132 Å². The molecule has 1 amide bonds. The summed E-state index contributed by atoms with van der Waals surface area (Å²) in [7, 11) is 0. The smallest absolute Gasteiger partial charge is 0.260 e. The minimum atomic E-state index is 0.110. The molecule has 120 valence electrons. The van der Waals surface area contributed by atoms with Gasteiger partial charge in [0.25, 0.3) is 5.91 Å². The summed E-state index contributed by atoms with van der Waals surface area (Å²) in [6, 6.07) is 5.97. The molecule has 0 unspecified atom stereocenters. The van der Waals surface area contributed by atoms with Gasteiger partial charge in [0.1, 0.15) is 5.75 Å². The lowest BCUT2D eigenvalue weighted by Gasteiger charge is -2.38. The lowest BCUT2D eigenvalue weighted by Crippen LogP contribution is -2.45. The van der Waals surface area contributed by atoms with Crippen LogP contribution in [0, 0.1) is 19.3 Å². The van der Waals surface area contributed by atoms with Crippen molar-refractivity contribution >= 4 is 5.91 Å². The highest BCUT2D eigenvalue weighted by molar-refractivity contribution is 5.77. The first kappa shape index (κ1) is 15.3. The predicted octanol–water partition coefficient (Wildman–Crippen LogP) is 2.28. The number of carbonyl (C=O) groups is 1. The van der Waals surface area contributed by atoms with Gasteiger partial charge >= 0.3 is 0 Å². The highest BCUT2D eigenvalue weighted by Crippen LogP contribution is 2.36. The van der Waals surface area contributed by atoms with Crippen LogP contribution in [0.15, 0.2) is 18.2 Å². The van der Waals surface area contributed by atoms with Crippen molar-refractivity contribution < 1.29 is 9.53 Å². The van der Waals surface area contributed by atoms with E-state index in [9.17, 15) is 4.79 Å². The van der Waals surface area contributed by atoms with Gasteiger partial charge in [0.15, 0.2) is 6.61 Å². The van der Waals surface area contributed by atoms with E-state index in [1.807, 2.05) is 23.1 Å². The molecule has 22 heavy (non-hydrogen) atoms. The Kier molecular flexibility index (Phi) is 4.39. The van der Waals surface area contributed by atoms with Gasteiger partial charge in [0.2, 0.25) is 0 Å². The number of nitrogens with zero attached hydrogens (tertiary/aromatic N) is 1. The molecule has 1 aromatic carbocycles. The Hall–Kier alpha value is -1.55. The van der Waals surface area contributed by atoms with Gasteiger partial charge in [-0.3, -0.25) is 4.79 Å². The van der Waals surface area contributed by atoms with E-state index in [1.165, 1.54) is 17.5 Å². The number of amides is 1. The molecule has 0 saturated carbocycles. The third kappa shape index (κ3) is 3.27. The number of benzene rings is 1. The van der Waals surface area contributed by atoms with Crippen molar-refractivity contribution in [2.24, 2.45) is 5.41 Å². The van der Waals surface area contributed by atoms with Crippen LogP contribution >= 0.6 is 0 Å². The molecule has 0 bridgehead atoms. The quantitative estimate of drug-likeness (QED) is 0.931. The number of piperidine rings is 1. The van der Waals surface area contributed by atoms with Gasteiger partial charge < -0.3 is 15.0 Å². The molecule has 1 N–H and O–H groups in total. The number of hydrogen-bond donors (Lipinski definition) is 1. The molecule has 1 aromatic rings. The molecule has 2 fully saturated rings. The number of hydrogen-bond acceptors (Lipinski definition) is 3. The highest BCUT2D eigenvalue weighted by Gasteiger charge is 2.37. The summed E-state index contributed by atoms with van der Waals surface area (Å²) in [5, 5.41) is 3.46. The zero-order valence-corrected chi connectivity index (χ0v) is 13.7. The molecular formula is C18H26N2O2. The van der Waals surface area contributed by atoms with Crippen LogP contribution < -0.4 is 10.1 Å². The topological polar surface area (TPSA) is 41.6 Å². The van der Waals surface area contributed by atoms with Crippen LogP contribution in [0.2, 0.25) is 0 Å². The maximum absolute atomic E-state index is 12.3. The van der Waals surface area contributed by atoms with Crippen molar-refractivity contribution in [3.63, 3.8) is 0 Å². The number of ether oxygens (including phenoxy) is 1. The van der Waals surface area contributed by atoms with E-state index in [1.54, 1.807) is 0 Å². The average Bonchev–Trinajstić information content (AvgIpc) is 2.97. The van der Waals surface area contributed by atoms with E-state index in [4.69, 9.17) is 4.74 Å². The van der Waals surface area contributed by atoms with E-state index < -0.39 is 0 Å². The van der Waals surface area contributed by atoms with Gasteiger partial charge in [-0.25, -0.2) is 0 Å². The molecule has 0 aromatic heterocycles. The first-order valence-electron chi connectivity index (χ1n) is 8.27. The van der Waals surface area contributed by atoms with Crippen molar-refractivity contribution in [2.75, 3.05) is 32.8 Å². The molecule has 2 heterocycles. The summed E-state index contributed by atoms with van der Waals surface area (Å²) in [6.45, 7) is 8.27. The summed E-state index contributed by atoms with van der Waals surface area (Å²) < 4.78 is 5.67. The monoisotopic (exact) mass is 302 g/mol. The Balaban J connectivity index is 1.49. The molecular weight excluding hydrogens is 276 g/mol. The fraction of sp³-hybridized carbons (Fsp3) is 0.611. The van der Waals surface area contributed by atoms with Gasteiger partial charge in [-0.15, -0.1) is 0 Å². The van der Waals surface area contributed by atoms with E-state index in [2.05, 4.69) is 19.2 Å². The van der Waals surface area contributed by atoms with Crippen LogP contribution in [0.5, 0.6) is 5.75 Å². The van der Waals surface area contributed by atoms with E-state index >= 15 is 0 Å². The summed E-state index contributed by atoms with van der Waals surface area (Å²) in [5.74, 6) is 0.893. The number of rotatable bonds is 3. The summed E-state index contributed by atoms with van der Waals surface area (Å²) in [6.07, 6.45) is 3.50. The minimum Gasteiger partial charge on any atom is -0.484 e. The fourth-order valence-corrected chi connectivity index (χ4v) is 3.49. The Bertz CT molecular complexity index is 540. The van der Waals surface area contributed by atoms with Crippen molar-refractivity contribution in [1.29, 1.82) is 0 Å². The van der Waals surface area contributed by atoms with E-state index in [0.29, 0.717) is 5.41 Å². The minimum absolute atomic E-state index is 0.110. The molecule has 4 heteroatoms. The van der Waals surface area contributed by atoms with Gasteiger partial charge in [-0.2, -0.15) is 0 Å². The van der Waals surface area contributed by atoms with Crippen LogP contribution in [0.25, 0.3) is 0 Å². The van der Waals surface area contributed by atoms with Crippen LogP contribution in [0.4, 0.5) is 0 Å². The third-order valence-corrected chi connectivity index (χ3v) is 5.35. The number of aryl methyl sites for hydroxylation is 2. The number of nitrogens with one attached hydrogen (secondary N) is 1. The highest BCUT2D eigenvalue weighted by atomic mass is 16.5.